The first-order valence-electron chi connectivity index (χ1n) is 9.70. The van der Waals surface area contributed by atoms with Gasteiger partial charge in [0.25, 0.3) is 5.91 Å². The van der Waals surface area contributed by atoms with Crippen molar-refractivity contribution in [1.82, 2.24) is 9.58 Å². The molecule has 0 aliphatic carbocycles. The maximum absolute atomic E-state index is 12.6. The number of carbonyl (C=O) groups excluding carboxylic acids is 1. The monoisotopic (exact) mass is 405 g/mol. The van der Waals surface area contributed by atoms with Crippen molar-refractivity contribution in [3.63, 3.8) is 0 Å². The number of amidine groups is 2. The molecule has 0 saturated carbocycles. The van der Waals surface area contributed by atoms with Crippen LogP contribution in [0.2, 0.25) is 0 Å². The molecule has 0 fully saturated rings. The lowest BCUT2D eigenvalue weighted by molar-refractivity contribution is -0.114. The van der Waals surface area contributed by atoms with Gasteiger partial charge in [0.1, 0.15) is 5.04 Å². The summed E-state index contributed by atoms with van der Waals surface area (Å²) in [4.78, 5) is 16.7. The number of nitrogens with zero attached hydrogens (tertiary/aromatic N) is 4. The molecule has 148 valence electrons. The third-order valence-corrected chi connectivity index (χ3v) is 6.22. The van der Waals surface area contributed by atoms with Crippen LogP contribution in [0.5, 0.6) is 0 Å². The van der Waals surface area contributed by atoms with E-state index in [2.05, 4.69) is 45.9 Å². The normalized spacial score (nSPS) is 17.7. The average Bonchev–Trinajstić information content (AvgIpc) is 3.25. The summed E-state index contributed by atoms with van der Waals surface area (Å²) in [7, 11) is 0. The minimum Gasteiger partial charge on any atom is -0.318 e. The second-order valence-electron chi connectivity index (χ2n) is 7.05. The van der Waals surface area contributed by atoms with Crippen LogP contribution < -0.4 is 0 Å². The Morgan fingerprint density at radius 1 is 1.14 bits per heavy atom. The molecular weight excluding hydrogens is 382 g/mol. The number of fused-ring (bicyclic) bond motifs is 1. The molecule has 29 heavy (non-hydrogen) atoms. The van der Waals surface area contributed by atoms with Crippen molar-refractivity contribution in [2.75, 3.05) is 0 Å². The molecule has 1 aromatic heterocycles. The van der Waals surface area contributed by atoms with Crippen LogP contribution in [-0.2, 0) is 11.2 Å². The number of thioether (sulfide) groups is 1. The van der Waals surface area contributed by atoms with Gasteiger partial charge in [0.2, 0.25) is 5.17 Å². The van der Waals surface area contributed by atoms with Crippen LogP contribution in [0.4, 0.5) is 0 Å². The Kier molecular flexibility index (Phi) is 5.00. The Morgan fingerprint density at radius 3 is 2.52 bits per heavy atom. The highest BCUT2D eigenvalue weighted by Gasteiger charge is 2.35. The molecular formula is C22H23N5OS. The van der Waals surface area contributed by atoms with E-state index in [9.17, 15) is 4.79 Å². The minimum atomic E-state index is -0.390. The molecule has 2 aliphatic rings. The summed E-state index contributed by atoms with van der Waals surface area (Å²) < 4.78 is 2.16. The zero-order valence-corrected chi connectivity index (χ0v) is 17.8. The van der Waals surface area contributed by atoms with Crippen molar-refractivity contribution < 1.29 is 4.79 Å². The number of aliphatic imine (C=N–C) groups is 1. The van der Waals surface area contributed by atoms with Gasteiger partial charge in [-0.05, 0) is 73.9 Å². The number of aromatic nitrogens is 1. The van der Waals surface area contributed by atoms with Gasteiger partial charge in [-0.3, -0.25) is 10.2 Å². The molecule has 0 radical (unpaired) electrons. The Morgan fingerprint density at radius 2 is 1.86 bits per heavy atom. The zero-order chi connectivity index (χ0) is 20.7. The van der Waals surface area contributed by atoms with Crippen molar-refractivity contribution in [1.29, 1.82) is 5.41 Å². The molecule has 2 aliphatic heterocycles. The SMILES string of the molecule is CCC1=NN2C(=N)/C(=C\c3cc(C)n(-c4ccc(CC)cc4)c3C)C(=O)N=C2S1. The molecule has 0 spiro atoms. The van der Waals surface area contributed by atoms with Crippen LogP contribution in [0.25, 0.3) is 11.8 Å². The summed E-state index contributed by atoms with van der Waals surface area (Å²) in [5, 5.41) is 15.7. The number of aryl methyl sites for hydroxylation is 2. The molecule has 0 saturated heterocycles. The lowest BCUT2D eigenvalue weighted by Crippen LogP contribution is -2.35. The van der Waals surface area contributed by atoms with E-state index in [0.717, 1.165) is 40.5 Å². The van der Waals surface area contributed by atoms with Gasteiger partial charge in [0.15, 0.2) is 5.84 Å². The van der Waals surface area contributed by atoms with Crippen LogP contribution in [0.1, 0.15) is 42.8 Å². The van der Waals surface area contributed by atoms with Gasteiger partial charge >= 0.3 is 0 Å². The number of rotatable bonds is 4. The second-order valence-corrected chi connectivity index (χ2v) is 8.09. The van der Waals surface area contributed by atoms with E-state index in [0.29, 0.717) is 5.17 Å². The fourth-order valence-corrected chi connectivity index (χ4v) is 4.37. The summed E-state index contributed by atoms with van der Waals surface area (Å²) in [6.07, 6.45) is 3.51. The van der Waals surface area contributed by atoms with Crippen LogP contribution in [0, 0.1) is 19.3 Å². The number of hydrogen-bond donors (Lipinski definition) is 1. The number of carbonyl (C=O) groups is 1. The van der Waals surface area contributed by atoms with Crippen molar-refractivity contribution in [2.24, 2.45) is 10.1 Å². The highest BCUT2D eigenvalue weighted by Crippen LogP contribution is 2.30. The van der Waals surface area contributed by atoms with Gasteiger partial charge in [0.05, 0.1) is 5.57 Å². The van der Waals surface area contributed by atoms with Crippen LogP contribution in [0.15, 0.2) is 46.0 Å². The Balaban J connectivity index is 1.73. The van der Waals surface area contributed by atoms with Gasteiger partial charge in [0, 0.05) is 17.1 Å². The molecule has 0 unspecified atom stereocenters. The van der Waals surface area contributed by atoms with Crippen molar-refractivity contribution in [2.45, 2.75) is 40.5 Å². The largest absolute Gasteiger partial charge is 0.318 e. The van der Waals surface area contributed by atoms with E-state index >= 15 is 0 Å². The summed E-state index contributed by atoms with van der Waals surface area (Å²) in [5.41, 5.74) is 5.63. The first-order chi connectivity index (χ1) is 13.9. The van der Waals surface area contributed by atoms with E-state index in [1.807, 2.05) is 26.8 Å². The van der Waals surface area contributed by atoms with E-state index in [1.165, 1.54) is 22.3 Å². The second kappa shape index (κ2) is 7.48. The maximum atomic E-state index is 12.6. The van der Waals surface area contributed by atoms with E-state index in [1.54, 1.807) is 6.08 Å². The molecule has 6 nitrogen and oxygen atoms in total. The van der Waals surface area contributed by atoms with Gasteiger partial charge in [-0.15, -0.1) is 0 Å². The van der Waals surface area contributed by atoms with E-state index in [4.69, 9.17) is 5.41 Å². The summed E-state index contributed by atoms with van der Waals surface area (Å²) in [5.74, 6) is -0.313. The quantitative estimate of drug-likeness (QED) is 0.750. The maximum Gasteiger partial charge on any atom is 0.283 e. The van der Waals surface area contributed by atoms with Crippen LogP contribution in [-0.4, -0.2) is 31.5 Å². The summed E-state index contributed by atoms with van der Waals surface area (Å²) >= 11 is 1.35. The Bertz CT molecular complexity index is 1100. The van der Waals surface area contributed by atoms with Crippen molar-refractivity contribution in [3.8, 4) is 5.69 Å². The van der Waals surface area contributed by atoms with E-state index in [-0.39, 0.29) is 11.4 Å². The molecule has 7 heteroatoms. The van der Waals surface area contributed by atoms with Gasteiger partial charge in [-0.25, -0.2) is 0 Å². The van der Waals surface area contributed by atoms with Crippen LogP contribution in [0.3, 0.4) is 0 Å². The van der Waals surface area contributed by atoms with Crippen LogP contribution >= 0.6 is 11.8 Å². The fourth-order valence-electron chi connectivity index (χ4n) is 3.54. The molecule has 0 bridgehead atoms. The first kappa shape index (κ1) is 19.4. The highest BCUT2D eigenvalue weighted by molar-refractivity contribution is 8.26. The number of amides is 1. The third kappa shape index (κ3) is 3.35. The molecule has 3 heterocycles. The number of nitrogens with one attached hydrogen (secondary N) is 1. The molecule has 0 atom stereocenters. The minimum absolute atomic E-state index is 0.0769. The Hall–Kier alpha value is -2.93. The van der Waals surface area contributed by atoms with Gasteiger partial charge in [-0.2, -0.15) is 15.1 Å². The fraction of sp³-hybridized carbons (Fsp3) is 0.273. The number of benzene rings is 1. The number of hydrogen-bond acceptors (Lipinski definition) is 4. The van der Waals surface area contributed by atoms with Gasteiger partial charge < -0.3 is 4.57 Å². The lowest BCUT2D eigenvalue weighted by Gasteiger charge is -2.20. The number of hydrazone groups is 1. The highest BCUT2D eigenvalue weighted by atomic mass is 32.2. The average molecular weight is 406 g/mol. The molecule has 1 aromatic carbocycles. The zero-order valence-electron chi connectivity index (χ0n) is 17.0. The molecule has 1 amide bonds. The van der Waals surface area contributed by atoms with Crippen molar-refractivity contribution >= 4 is 39.8 Å². The standard InChI is InChI=1S/C22H23N5OS/c1-5-15-7-9-17(10-8-15)26-13(3)11-16(14(26)4)12-18-20(23)27-22(24-21(18)28)29-19(6-2)25-27/h7-12,23H,5-6H2,1-4H3/b18-12+,23-20?. The molecule has 1 N–H and O–H groups in total. The van der Waals surface area contributed by atoms with Gasteiger partial charge in [-0.1, -0.05) is 26.0 Å². The lowest BCUT2D eigenvalue weighted by atomic mass is 10.1. The van der Waals surface area contributed by atoms with E-state index < -0.39 is 5.91 Å². The Labute approximate surface area is 174 Å². The third-order valence-electron chi connectivity index (χ3n) is 5.17. The smallest absolute Gasteiger partial charge is 0.283 e. The van der Waals surface area contributed by atoms with Crippen molar-refractivity contribution in [3.05, 3.63) is 58.4 Å². The molecule has 4 rings (SSSR count). The molecule has 2 aromatic rings. The predicted molar refractivity (Wildman–Crippen MR) is 120 cm³/mol. The predicted octanol–water partition coefficient (Wildman–Crippen LogP) is 4.69. The summed E-state index contributed by atoms with van der Waals surface area (Å²) in [6.45, 7) is 8.20. The topological polar surface area (TPSA) is 73.8 Å². The summed E-state index contributed by atoms with van der Waals surface area (Å²) in [6, 6.07) is 10.5. The first-order valence-corrected chi connectivity index (χ1v) is 10.5.